The second-order valence-corrected chi connectivity index (χ2v) is 5.41. The largest absolute Gasteiger partial charge is 0.545 e. The molecule has 0 aliphatic heterocycles. The molecule has 0 unspecified atom stereocenters. The maximum atomic E-state index is 10.5. The Morgan fingerprint density at radius 2 is 2.06 bits per heavy atom. The number of hydrogen-bond donors (Lipinski definition) is 1. The highest BCUT2D eigenvalue weighted by Crippen LogP contribution is 2.26. The third kappa shape index (κ3) is 3.18. The quantitative estimate of drug-likeness (QED) is 0.822. The van der Waals surface area contributed by atoms with E-state index in [1.54, 1.807) is 12.1 Å². The molecule has 0 fully saturated rings. The molecule has 7 heteroatoms. The van der Waals surface area contributed by atoms with Crippen LogP contribution in [0.2, 0.25) is 0 Å². The van der Waals surface area contributed by atoms with Gasteiger partial charge in [-0.2, -0.15) is 0 Å². The van der Waals surface area contributed by atoms with E-state index in [-0.39, 0.29) is 5.56 Å². The summed E-state index contributed by atoms with van der Waals surface area (Å²) in [5.74, 6) is -0.469. The highest BCUT2D eigenvalue weighted by Gasteiger charge is 2.02. The van der Waals surface area contributed by atoms with Gasteiger partial charge in [-0.1, -0.05) is 47.4 Å². The van der Waals surface area contributed by atoms with Gasteiger partial charge < -0.3 is 15.6 Å². The SMILES string of the molecule is Nc1nnc(SCc2ccc(C(=O)[O-])cc2)s1. The number of nitrogens with zero attached hydrogens (tertiary/aromatic N) is 2. The first-order valence-electron chi connectivity index (χ1n) is 4.67. The van der Waals surface area contributed by atoms with E-state index >= 15 is 0 Å². The van der Waals surface area contributed by atoms with Crippen LogP contribution in [0.3, 0.4) is 0 Å². The van der Waals surface area contributed by atoms with E-state index in [0.717, 1.165) is 9.90 Å². The van der Waals surface area contributed by atoms with Crippen LogP contribution in [0.4, 0.5) is 5.13 Å². The molecule has 0 radical (unpaired) electrons. The lowest BCUT2D eigenvalue weighted by molar-refractivity contribution is -0.255. The molecule has 0 bridgehead atoms. The van der Waals surface area contributed by atoms with Gasteiger partial charge in [0.15, 0.2) is 4.34 Å². The van der Waals surface area contributed by atoms with E-state index in [2.05, 4.69) is 10.2 Å². The highest BCUT2D eigenvalue weighted by atomic mass is 32.2. The van der Waals surface area contributed by atoms with E-state index in [4.69, 9.17) is 5.73 Å². The van der Waals surface area contributed by atoms with Crippen LogP contribution in [0.1, 0.15) is 15.9 Å². The summed E-state index contributed by atoms with van der Waals surface area (Å²) in [4.78, 5) is 10.5. The van der Waals surface area contributed by atoms with Gasteiger partial charge >= 0.3 is 0 Å². The number of rotatable bonds is 4. The number of carboxylic acid groups (broad SMARTS) is 1. The smallest absolute Gasteiger partial charge is 0.203 e. The number of hydrogen-bond acceptors (Lipinski definition) is 7. The number of aromatic carboxylic acids is 1. The average molecular weight is 266 g/mol. The van der Waals surface area contributed by atoms with Crippen molar-refractivity contribution in [2.24, 2.45) is 0 Å². The van der Waals surface area contributed by atoms with Crippen molar-refractivity contribution in [2.45, 2.75) is 10.1 Å². The van der Waals surface area contributed by atoms with E-state index in [9.17, 15) is 9.90 Å². The van der Waals surface area contributed by atoms with E-state index in [1.165, 1.54) is 35.2 Å². The number of carbonyl (C=O) groups is 1. The van der Waals surface area contributed by atoms with Crippen LogP contribution in [0, 0.1) is 0 Å². The predicted octanol–water partition coefficient (Wildman–Crippen LogP) is 0.776. The van der Waals surface area contributed by atoms with Crippen molar-refractivity contribution in [1.29, 1.82) is 0 Å². The third-order valence-electron chi connectivity index (χ3n) is 1.97. The van der Waals surface area contributed by atoms with Crippen molar-refractivity contribution in [2.75, 3.05) is 5.73 Å². The monoisotopic (exact) mass is 266 g/mol. The Kier molecular flexibility index (Phi) is 3.60. The highest BCUT2D eigenvalue weighted by molar-refractivity contribution is 8.00. The van der Waals surface area contributed by atoms with Gasteiger partial charge in [0.1, 0.15) is 0 Å². The van der Waals surface area contributed by atoms with Crippen LogP contribution < -0.4 is 10.8 Å². The molecular formula is C10H8N3O2S2-. The lowest BCUT2D eigenvalue weighted by atomic mass is 10.1. The van der Waals surface area contributed by atoms with Crippen molar-refractivity contribution in [3.63, 3.8) is 0 Å². The first-order valence-corrected chi connectivity index (χ1v) is 6.47. The van der Waals surface area contributed by atoms with Gasteiger partial charge in [-0.15, -0.1) is 10.2 Å². The van der Waals surface area contributed by atoms with Crippen LogP contribution >= 0.6 is 23.1 Å². The van der Waals surface area contributed by atoms with Gasteiger partial charge in [-0.05, 0) is 11.1 Å². The molecule has 2 N–H and O–H groups in total. The van der Waals surface area contributed by atoms with Crippen LogP contribution in [-0.4, -0.2) is 16.2 Å². The average Bonchev–Trinajstić information content (AvgIpc) is 2.73. The molecule has 2 rings (SSSR count). The summed E-state index contributed by atoms with van der Waals surface area (Å²) in [5, 5.41) is 18.6. The summed E-state index contributed by atoms with van der Waals surface area (Å²) in [6.45, 7) is 0. The molecule has 17 heavy (non-hydrogen) atoms. The number of thioether (sulfide) groups is 1. The molecule has 1 aromatic heterocycles. The fraction of sp³-hybridized carbons (Fsp3) is 0.100. The number of benzene rings is 1. The van der Waals surface area contributed by atoms with Gasteiger partial charge in [0.25, 0.3) is 0 Å². The summed E-state index contributed by atoms with van der Waals surface area (Å²) < 4.78 is 0.798. The molecule has 0 amide bonds. The van der Waals surface area contributed by atoms with Crippen LogP contribution in [0.15, 0.2) is 28.6 Å². The number of anilines is 1. The first-order chi connectivity index (χ1) is 8.15. The molecule has 0 atom stereocenters. The molecule has 0 saturated carbocycles. The molecule has 0 aliphatic rings. The van der Waals surface area contributed by atoms with Crippen molar-refractivity contribution in [1.82, 2.24) is 10.2 Å². The zero-order valence-electron chi connectivity index (χ0n) is 8.62. The Bertz CT molecular complexity index is 525. The second-order valence-electron chi connectivity index (χ2n) is 3.18. The summed E-state index contributed by atoms with van der Waals surface area (Å²) in [6, 6.07) is 6.56. The third-order valence-corrected chi connectivity index (χ3v) is 3.93. The standard InChI is InChI=1S/C10H9N3O2S2/c11-9-12-13-10(17-9)16-5-6-1-3-7(4-2-6)8(14)15/h1-4H,5H2,(H2,11,12)(H,14,15)/p-1. The molecule has 0 spiro atoms. The van der Waals surface area contributed by atoms with Gasteiger partial charge in [-0.3, -0.25) is 0 Å². The Morgan fingerprint density at radius 3 is 2.59 bits per heavy atom. The van der Waals surface area contributed by atoms with E-state index in [0.29, 0.717) is 10.9 Å². The molecule has 1 heterocycles. The number of carbonyl (C=O) groups excluding carboxylic acids is 1. The molecule has 5 nitrogen and oxygen atoms in total. The summed E-state index contributed by atoms with van der Waals surface area (Å²) in [6.07, 6.45) is 0. The van der Waals surface area contributed by atoms with E-state index in [1.807, 2.05) is 0 Å². The predicted molar refractivity (Wildman–Crippen MR) is 64.7 cm³/mol. The number of nitrogens with two attached hydrogens (primary N) is 1. The minimum atomic E-state index is -1.17. The zero-order chi connectivity index (χ0) is 12.3. The Labute approximate surface area is 106 Å². The normalized spacial score (nSPS) is 10.4. The fourth-order valence-electron chi connectivity index (χ4n) is 1.16. The van der Waals surface area contributed by atoms with Gasteiger partial charge in [0.05, 0.1) is 5.97 Å². The maximum absolute atomic E-state index is 10.5. The van der Waals surface area contributed by atoms with Crippen LogP contribution in [0.5, 0.6) is 0 Å². The van der Waals surface area contributed by atoms with Gasteiger partial charge in [0.2, 0.25) is 5.13 Å². The molecule has 0 saturated heterocycles. The minimum absolute atomic E-state index is 0.180. The van der Waals surface area contributed by atoms with Crippen LogP contribution in [-0.2, 0) is 5.75 Å². The zero-order valence-corrected chi connectivity index (χ0v) is 10.3. The molecule has 2 aromatic rings. The number of carboxylic acids is 1. The first kappa shape index (κ1) is 11.9. The maximum Gasteiger partial charge on any atom is 0.203 e. The number of aromatic nitrogens is 2. The summed E-state index contributed by atoms with van der Waals surface area (Å²) in [7, 11) is 0. The molecule has 1 aromatic carbocycles. The van der Waals surface area contributed by atoms with Gasteiger partial charge in [-0.25, -0.2) is 0 Å². The fourth-order valence-corrected chi connectivity index (χ4v) is 2.75. The van der Waals surface area contributed by atoms with Crippen LogP contribution in [0.25, 0.3) is 0 Å². The Morgan fingerprint density at radius 1 is 1.35 bits per heavy atom. The van der Waals surface area contributed by atoms with Crippen molar-refractivity contribution >= 4 is 34.2 Å². The number of nitrogen functional groups attached to an aromatic ring is 1. The lowest BCUT2D eigenvalue weighted by Crippen LogP contribution is -2.21. The van der Waals surface area contributed by atoms with Crippen molar-refractivity contribution in [3.05, 3.63) is 35.4 Å². The Balaban J connectivity index is 1.97. The van der Waals surface area contributed by atoms with Crippen molar-refractivity contribution in [3.8, 4) is 0 Å². The molecule has 88 valence electrons. The second kappa shape index (κ2) is 5.15. The van der Waals surface area contributed by atoms with E-state index < -0.39 is 5.97 Å². The van der Waals surface area contributed by atoms with Crippen molar-refractivity contribution < 1.29 is 9.90 Å². The molecule has 0 aliphatic carbocycles. The Hall–Kier alpha value is -1.60. The topological polar surface area (TPSA) is 91.9 Å². The summed E-state index contributed by atoms with van der Waals surface area (Å²) >= 11 is 2.84. The molecular weight excluding hydrogens is 258 g/mol. The lowest BCUT2D eigenvalue weighted by Gasteiger charge is -2.03. The minimum Gasteiger partial charge on any atom is -0.545 e. The van der Waals surface area contributed by atoms with Gasteiger partial charge in [0, 0.05) is 5.75 Å². The summed E-state index contributed by atoms with van der Waals surface area (Å²) in [5.41, 5.74) is 6.65.